The van der Waals surface area contributed by atoms with Crippen LogP contribution in [0.15, 0.2) is 18.2 Å². The van der Waals surface area contributed by atoms with Crippen molar-refractivity contribution in [2.45, 2.75) is 27.2 Å². The average Bonchev–Trinajstić information content (AvgIpc) is 2.47. The summed E-state index contributed by atoms with van der Waals surface area (Å²) < 4.78 is 5.17. The molecule has 0 saturated heterocycles. The van der Waals surface area contributed by atoms with Crippen molar-refractivity contribution in [3.8, 4) is 0 Å². The molecule has 116 valence electrons. The zero-order valence-corrected chi connectivity index (χ0v) is 13.0. The first kappa shape index (κ1) is 17.2. The van der Waals surface area contributed by atoms with Gasteiger partial charge in [0.1, 0.15) is 0 Å². The van der Waals surface area contributed by atoms with Gasteiger partial charge in [-0.1, -0.05) is 6.07 Å². The summed E-state index contributed by atoms with van der Waals surface area (Å²) in [7, 11) is 0. The molecule has 0 heterocycles. The Balaban J connectivity index is 2.29. The third-order valence-corrected chi connectivity index (χ3v) is 3.17. The fourth-order valence-corrected chi connectivity index (χ4v) is 1.75. The van der Waals surface area contributed by atoms with Crippen LogP contribution in [0.5, 0.6) is 0 Å². The van der Waals surface area contributed by atoms with E-state index in [0.717, 1.165) is 17.5 Å². The zero-order valence-electron chi connectivity index (χ0n) is 13.0. The highest BCUT2D eigenvalue weighted by Crippen LogP contribution is 2.09. The lowest BCUT2D eigenvalue weighted by atomic mass is 10.1. The molecule has 1 rings (SSSR count). The fourth-order valence-electron chi connectivity index (χ4n) is 1.75. The fraction of sp³-hybridized carbons (Fsp3) is 0.500. The Labute approximate surface area is 126 Å². The molecular weight excluding hydrogens is 268 g/mol. The van der Waals surface area contributed by atoms with Gasteiger partial charge in [-0.05, 0) is 50.5 Å². The van der Waals surface area contributed by atoms with E-state index in [2.05, 4.69) is 10.6 Å². The number of carbonyl (C=O) groups is 2. The molecule has 0 aromatic heterocycles. The molecule has 1 aromatic rings. The highest BCUT2D eigenvalue weighted by molar-refractivity contribution is 5.96. The van der Waals surface area contributed by atoms with Gasteiger partial charge in [0, 0.05) is 25.3 Å². The molecule has 0 fully saturated rings. The van der Waals surface area contributed by atoms with Crippen molar-refractivity contribution in [2.75, 3.05) is 26.3 Å². The topological polar surface area (TPSA) is 67.4 Å². The van der Waals surface area contributed by atoms with Crippen LogP contribution in [0.4, 0.5) is 0 Å². The maximum atomic E-state index is 11.9. The third-order valence-electron chi connectivity index (χ3n) is 3.17. The van der Waals surface area contributed by atoms with Gasteiger partial charge in [-0.25, -0.2) is 0 Å². The molecule has 0 aliphatic rings. The van der Waals surface area contributed by atoms with E-state index in [1.807, 2.05) is 32.9 Å². The van der Waals surface area contributed by atoms with Crippen LogP contribution in [0.25, 0.3) is 0 Å². The molecule has 21 heavy (non-hydrogen) atoms. The highest BCUT2D eigenvalue weighted by Gasteiger charge is 2.08. The van der Waals surface area contributed by atoms with Crippen LogP contribution in [-0.2, 0) is 9.53 Å². The predicted molar refractivity (Wildman–Crippen MR) is 82.4 cm³/mol. The van der Waals surface area contributed by atoms with Crippen molar-refractivity contribution in [1.29, 1.82) is 0 Å². The summed E-state index contributed by atoms with van der Waals surface area (Å²) in [5.74, 6) is -0.425. The number of hydrogen-bond donors (Lipinski definition) is 2. The van der Waals surface area contributed by atoms with Crippen molar-refractivity contribution in [1.82, 2.24) is 10.6 Å². The second-order valence-electron chi connectivity index (χ2n) is 4.88. The lowest BCUT2D eigenvalue weighted by molar-refractivity contribution is -0.120. The number of hydrogen-bond acceptors (Lipinski definition) is 3. The van der Waals surface area contributed by atoms with Gasteiger partial charge >= 0.3 is 0 Å². The van der Waals surface area contributed by atoms with E-state index >= 15 is 0 Å². The molecule has 0 saturated carbocycles. The highest BCUT2D eigenvalue weighted by atomic mass is 16.5. The number of ether oxygens (including phenoxy) is 1. The van der Waals surface area contributed by atoms with Crippen LogP contribution in [0.2, 0.25) is 0 Å². The van der Waals surface area contributed by atoms with E-state index in [9.17, 15) is 9.59 Å². The minimum Gasteiger partial charge on any atom is -0.382 e. The van der Waals surface area contributed by atoms with Crippen molar-refractivity contribution < 1.29 is 14.3 Å². The van der Waals surface area contributed by atoms with Gasteiger partial charge < -0.3 is 15.4 Å². The second-order valence-corrected chi connectivity index (χ2v) is 4.88. The summed E-state index contributed by atoms with van der Waals surface area (Å²) in [6.07, 6.45) is 0.769. The Morgan fingerprint density at radius 2 is 1.90 bits per heavy atom. The lowest BCUT2D eigenvalue weighted by Gasteiger charge is -2.08. The quantitative estimate of drug-likeness (QED) is 0.715. The van der Waals surface area contributed by atoms with Gasteiger partial charge in [-0.3, -0.25) is 9.59 Å². The van der Waals surface area contributed by atoms with Crippen molar-refractivity contribution in [3.63, 3.8) is 0 Å². The monoisotopic (exact) mass is 292 g/mol. The predicted octanol–water partition coefficient (Wildman–Crippen LogP) is 1.58. The normalized spacial score (nSPS) is 10.2. The maximum absolute atomic E-state index is 11.9. The summed E-state index contributed by atoms with van der Waals surface area (Å²) in [6, 6.07) is 5.49. The molecule has 2 N–H and O–H groups in total. The van der Waals surface area contributed by atoms with Gasteiger partial charge in [-0.2, -0.15) is 0 Å². The number of rotatable bonds is 8. The van der Waals surface area contributed by atoms with E-state index in [0.29, 0.717) is 25.3 Å². The van der Waals surface area contributed by atoms with Gasteiger partial charge in [0.2, 0.25) is 5.91 Å². The molecule has 1 aromatic carbocycles. The molecule has 0 aliphatic carbocycles. The number of aryl methyl sites for hydroxylation is 2. The largest absolute Gasteiger partial charge is 0.382 e. The lowest BCUT2D eigenvalue weighted by Crippen LogP contribution is -2.37. The van der Waals surface area contributed by atoms with Crippen LogP contribution < -0.4 is 10.6 Å². The molecule has 0 spiro atoms. The average molecular weight is 292 g/mol. The molecule has 5 heteroatoms. The first-order valence-electron chi connectivity index (χ1n) is 7.24. The molecular formula is C16H24N2O3. The summed E-state index contributed by atoms with van der Waals surface area (Å²) in [5.41, 5.74) is 2.77. The van der Waals surface area contributed by atoms with Crippen LogP contribution in [0.1, 0.15) is 34.8 Å². The SMILES string of the molecule is CCOCCCNC(=O)CNC(=O)c1ccc(C)c(C)c1. The van der Waals surface area contributed by atoms with E-state index in [-0.39, 0.29) is 18.4 Å². The van der Waals surface area contributed by atoms with E-state index in [4.69, 9.17) is 4.74 Å². The molecule has 0 aliphatic heterocycles. The minimum absolute atomic E-state index is 0.0135. The molecule has 0 unspecified atom stereocenters. The molecule has 5 nitrogen and oxygen atoms in total. The first-order chi connectivity index (χ1) is 10.0. The van der Waals surface area contributed by atoms with Crippen LogP contribution >= 0.6 is 0 Å². The molecule has 2 amide bonds. The molecule has 0 atom stereocenters. The van der Waals surface area contributed by atoms with Crippen molar-refractivity contribution >= 4 is 11.8 Å². The van der Waals surface area contributed by atoms with E-state index in [1.165, 1.54) is 0 Å². The summed E-state index contributed by atoms with van der Waals surface area (Å²) >= 11 is 0. The van der Waals surface area contributed by atoms with Crippen LogP contribution in [0.3, 0.4) is 0 Å². The van der Waals surface area contributed by atoms with E-state index in [1.54, 1.807) is 6.07 Å². The number of nitrogens with one attached hydrogen (secondary N) is 2. The smallest absolute Gasteiger partial charge is 0.251 e. The summed E-state index contributed by atoms with van der Waals surface area (Å²) in [5, 5.41) is 5.35. The van der Waals surface area contributed by atoms with Gasteiger partial charge in [0.15, 0.2) is 0 Å². The zero-order chi connectivity index (χ0) is 15.7. The Hall–Kier alpha value is -1.88. The van der Waals surface area contributed by atoms with E-state index < -0.39 is 0 Å². The number of amides is 2. The Morgan fingerprint density at radius 1 is 1.14 bits per heavy atom. The Morgan fingerprint density at radius 3 is 2.57 bits per heavy atom. The molecule has 0 radical (unpaired) electrons. The van der Waals surface area contributed by atoms with Crippen molar-refractivity contribution in [2.24, 2.45) is 0 Å². The summed E-state index contributed by atoms with van der Waals surface area (Å²) in [4.78, 5) is 23.5. The second kappa shape index (κ2) is 9.13. The number of carbonyl (C=O) groups excluding carboxylic acids is 2. The Kier molecular flexibility index (Phi) is 7.46. The number of benzene rings is 1. The first-order valence-corrected chi connectivity index (χ1v) is 7.24. The van der Waals surface area contributed by atoms with Crippen molar-refractivity contribution in [3.05, 3.63) is 34.9 Å². The standard InChI is InChI=1S/C16H24N2O3/c1-4-21-9-5-8-17-15(19)11-18-16(20)14-7-6-12(2)13(3)10-14/h6-7,10H,4-5,8-9,11H2,1-3H3,(H,17,19)(H,18,20). The van der Waals surface area contributed by atoms with Gasteiger partial charge in [0.25, 0.3) is 5.91 Å². The van der Waals surface area contributed by atoms with Crippen LogP contribution in [0, 0.1) is 13.8 Å². The van der Waals surface area contributed by atoms with Gasteiger partial charge in [0.05, 0.1) is 6.54 Å². The van der Waals surface area contributed by atoms with Gasteiger partial charge in [-0.15, -0.1) is 0 Å². The summed E-state index contributed by atoms with van der Waals surface area (Å²) in [6.45, 7) is 7.73. The third kappa shape index (κ3) is 6.40. The Bertz CT molecular complexity index is 486. The molecule has 0 bridgehead atoms. The maximum Gasteiger partial charge on any atom is 0.251 e. The van der Waals surface area contributed by atoms with Crippen LogP contribution in [-0.4, -0.2) is 38.1 Å². The minimum atomic E-state index is -0.234.